The summed E-state index contributed by atoms with van der Waals surface area (Å²) >= 11 is 6.42. The third-order valence-corrected chi connectivity index (χ3v) is 4.53. The first-order chi connectivity index (χ1) is 11.1. The highest BCUT2D eigenvalue weighted by molar-refractivity contribution is 6.36. The lowest BCUT2D eigenvalue weighted by molar-refractivity contribution is -0.119. The van der Waals surface area contributed by atoms with Gasteiger partial charge in [0.2, 0.25) is 5.91 Å². The first-order valence-electron chi connectivity index (χ1n) is 7.88. The Morgan fingerprint density at radius 1 is 1.57 bits per heavy atom. The van der Waals surface area contributed by atoms with Gasteiger partial charge < -0.3 is 16.0 Å². The smallest absolute Gasteiger partial charge is 0.217 e. The Morgan fingerprint density at radius 2 is 2.39 bits per heavy atom. The van der Waals surface area contributed by atoms with Crippen LogP contribution in [0, 0.1) is 0 Å². The molecule has 0 aliphatic carbocycles. The SMILES string of the molecule is CC(=O)NC1CCN(c2c(CCN)cc(Cl)c3cccnc23)C1. The van der Waals surface area contributed by atoms with Crippen LogP contribution in [-0.4, -0.2) is 36.6 Å². The molecule has 23 heavy (non-hydrogen) atoms. The number of benzene rings is 1. The van der Waals surface area contributed by atoms with Crippen LogP contribution in [0.3, 0.4) is 0 Å². The van der Waals surface area contributed by atoms with Crippen molar-refractivity contribution < 1.29 is 4.79 Å². The second kappa shape index (κ2) is 6.72. The number of hydrogen-bond acceptors (Lipinski definition) is 4. The third-order valence-electron chi connectivity index (χ3n) is 4.22. The van der Waals surface area contributed by atoms with E-state index in [9.17, 15) is 4.79 Å². The lowest BCUT2D eigenvalue weighted by Gasteiger charge is -2.24. The molecule has 0 saturated carbocycles. The molecule has 3 rings (SSSR count). The molecular weight excluding hydrogens is 312 g/mol. The van der Waals surface area contributed by atoms with Crippen molar-refractivity contribution in [3.05, 3.63) is 35.0 Å². The number of fused-ring (bicyclic) bond motifs is 1. The zero-order valence-electron chi connectivity index (χ0n) is 13.2. The van der Waals surface area contributed by atoms with Gasteiger partial charge in [0.1, 0.15) is 0 Å². The first-order valence-corrected chi connectivity index (χ1v) is 8.26. The van der Waals surface area contributed by atoms with Crippen LogP contribution in [0.4, 0.5) is 5.69 Å². The van der Waals surface area contributed by atoms with E-state index >= 15 is 0 Å². The minimum Gasteiger partial charge on any atom is -0.367 e. The second-order valence-electron chi connectivity index (χ2n) is 5.94. The number of nitrogens with two attached hydrogens (primary N) is 1. The average Bonchev–Trinajstić information content (AvgIpc) is 2.95. The third kappa shape index (κ3) is 3.26. The number of hydrogen-bond donors (Lipinski definition) is 2. The molecule has 2 aromatic rings. The van der Waals surface area contributed by atoms with Crippen LogP contribution in [0.5, 0.6) is 0 Å². The molecule has 1 atom stereocenters. The minimum absolute atomic E-state index is 0.0121. The lowest BCUT2D eigenvalue weighted by atomic mass is 10.0. The van der Waals surface area contributed by atoms with Gasteiger partial charge in [-0.05, 0) is 43.1 Å². The number of carbonyl (C=O) groups excluding carboxylic acids is 1. The fourth-order valence-corrected chi connectivity index (χ4v) is 3.59. The molecule has 1 saturated heterocycles. The molecule has 122 valence electrons. The van der Waals surface area contributed by atoms with Crippen molar-refractivity contribution in [3.63, 3.8) is 0 Å². The Hall–Kier alpha value is -1.85. The summed E-state index contributed by atoms with van der Waals surface area (Å²) in [5.41, 5.74) is 8.90. The lowest BCUT2D eigenvalue weighted by Crippen LogP contribution is -2.35. The van der Waals surface area contributed by atoms with Gasteiger partial charge in [0.05, 0.1) is 16.2 Å². The van der Waals surface area contributed by atoms with Crippen molar-refractivity contribution in [1.82, 2.24) is 10.3 Å². The summed E-state index contributed by atoms with van der Waals surface area (Å²) < 4.78 is 0. The van der Waals surface area contributed by atoms with Gasteiger partial charge in [0, 0.05) is 37.6 Å². The minimum atomic E-state index is 0.0121. The summed E-state index contributed by atoms with van der Waals surface area (Å²) in [6.07, 6.45) is 3.47. The van der Waals surface area contributed by atoms with Gasteiger partial charge in [0.15, 0.2) is 0 Å². The summed E-state index contributed by atoms with van der Waals surface area (Å²) in [5, 5.41) is 4.66. The van der Waals surface area contributed by atoms with E-state index in [0.29, 0.717) is 11.6 Å². The molecule has 1 aromatic heterocycles. The van der Waals surface area contributed by atoms with Crippen molar-refractivity contribution in [2.75, 3.05) is 24.5 Å². The van der Waals surface area contributed by atoms with Gasteiger partial charge in [-0.1, -0.05) is 11.6 Å². The van der Waals surface area contributed by atoms with Crippen molar-refractivity contribution in [2.45, 2.75) is 25.8 Å². The maximum atomic E-state index is 11.3. The van der Waals surface area contributed by atoms with Gasteiger partial charge in [-0.2, -0.15) is 0 Å². The molecule has 1 aliphatic heterocycles. The Balaban J connectivity index is 2.03. The number of halogens is 1. The van der Waals surface area contributed by atoms with E-state index in [-0.39, 0.29) is 11.9 Å². The number of carbonyl (C=O) groups is 1. The Labute approximate surface area is 140 Å². The molecule has 1 aromatic carbocycles. The topological polar surface area (TPSA) is 71.2 Å². The number of pyridine rings is 1. The van der Waals surface area contributed by atoms with E-state index in [1.807, 2.05) is 18.2 Å². The van der Waals surface area contributed by atoms with E-state index in [0.717, 1.165) is 48.1 Å². The predicted octanol–water partition coefficient (Wildman–Crippen LogP) is 2.10. The maximum Gasteiger partial charge on any atom is 0.217 e. The predicted molar refractivity (Wildman–Crippen MR) is 93.9 cm³/mol. The van der Waals surface area contributed by atoms with Crippen molar-refractivity contribution in [3.8, 4) is 0 Å². The molecule has 2 heterocycles. The summed E-state index contributed by atoms with van der Waals surface area (Å²) in [6.45, 7) is 3.78. The number of aromatic nitrogens is 1. The second-order valence-corrected chi connectivity index (χ2v) is 6.34. The summed E-state index contributed by atoms with van der Waals surface area (Å²) in [5.74, 6) is 0.0121. The van der Waals surface area contributed by atoms with E-state index in [4.69, 9.17) is 17.3 Å². The summed E-state index contributed by atoms with van der Waals surface area (Å²) in [7, 11) is 0. The highest BCUT2D eigenvalue weighted by Crippen LogP contribution is 2.36. The molecule has 1 aliphatic rings. The first kappa shape index (κ1) is 16.0. The molecule has 5 nitrogen and oxygen atoms in total. The highest BCUT2D eigenvalue weighted by atomic mass is 35.5. The molecule has 1 unspecified atom stereocenters. The largest absolute Gasteiger partial charge is 0.367 e. The van der Waals surface area contributed by atoms with E-state index in [2.05, 4.69) is 15.2 Å². The van der Waals surface area contributed by atoms with Crippen LogP contribution in [0.2, 0.25) is 5.02 Å². The molecule has 0 spiro atoms. The Bertz CT molecular complexity index is 734. The highest BCUT2D eigenvalue weighted by Gasteiger charge is 2.27. The van der Waals surface area contributed by atoms with Gasteiger partial charge in [-0.25, -0.2) is 0 Å². The molecule has 1 fully saturated rings. The Morgan fingerprint density at radius 3 is 3.13 bits per heavy atom. The van der Waals surface area contributed by atoms with Crippen LogP contribution in [0.1, 0.15) is 18.9 Å². The Kier molecular flexibility index (Phi) is 4.68. The van der Waals surface area contributed by atoms with Crippen LogP contribution in [0.25, 0.3) is 10.9 Å². The zero-order chi connectivity index (χ0) is 16.4. The number of amides is 1. The fraction of sp³-hybridized carbons (Fsp3) is 0.412. The number of nitrogens with zero attached hydrogens (tertiary/aromatic N) is 2. The van der Waals surface area contributed by atoms with Gasteiger partial charge >= 0.3 is 0 Å². The van der Waals surface area contributed by atoms with Crippen molar-refractivity contribution in [2.24, 2.45) is 5.73 Å². The van der Waals surface area contributed by atoms with E-state index in [1.165, 1.54) is 0 Å². The van der Waals surface area contributed by atoms with Crippen LogP contribution >= 0.6 is 11.6 Å². The van der Waals surface area contributed by atoms with Gasteiger partial charge in [0.25, 0.3) is 0 Å². The van der Waals surface area contributed by atoms with Gasteiger partial charge in [-0.15, -0.1) is 0 Å². The molecule has 0 bridgehead atoms. The monoisotopic (exact) mass is 332 g/mol. The number of nitrogens with one attached hydrogen (secondary N) is 1. The molecule has 6 heteroatoms. The number of rotatable bonds is 4. The number of anilines is 1. The zero-order valence-corrected chi connectivity index (χ0v) is 13.9. The molecule has 1 amide bonds. The molecule has 3 N–H and O–H groups in total. The standard InChI is InChI=1S/C17H21ClN4O/c1-11(23)21-13-5-8-22(10-13)17-12(4-6-19)9-15(18)14-3-2-7-20-16(14)17/h2-3,7,9,13H,4-6,8,10,19H2,1H3,(H,21,23). The van der Waals surface area contributed by atoms with Crippen LogP contribution in [-0.2, 0) is 11.2 Å². The molecule has 0 radical (unpaired) electrons. The van der Waals surface area contributed by atoms with Crippen molar-refractivity contribution in [1.29, 1.82) is 0 Å². The van der Waals surface area contributed by atoms with E-state index < -0.39 is 0 Å². The fourth-order valence-electron chi connectivity index (χ4n) is 3.31. The average molecular weight is 333 g/mol. The van der Waals surface area contributed by atoms with Crippen molar-refractivity contribution >= 4 is 34.1 Å². The normalized spacial score (nSPS) is 17.7. The van der Waals surface area contributed by atoms with Gasteiger partial charge in [-0.3, -0.25) is 9.78 Å². The maximum absolute atomic E-state index is 11.3. The van der Waals surface area contributed by atoms with Crippen LogP contribution < -0.4 is 16.0 Å². The molecular formula is C17H21ClN4O. The quantitative estimate of drug-likeness (QED) is 0.899. The van der Waals surface area contributed by atoms with Crippen LogP contribution in [0.15, 0.2) is 24.4 Å². The van der Waals surface area contributed by atoms with E-state index in [1.54, 1.807) is 13.1 Å². The summed E-state index contributed by atoms with van der Waals surface area (Å²) in [6, 6.07) is 6.05. The summed E-state index contributed by atoms with van der Waals surface area (Å²) in [4.78, 5) is 18.1.